The fourth-order valence-electron chi connectivity index (χ4n) is 3.35. The van der Waals surface area contributed by atoms with Gasteiger partial charge in [0.25, 0.3) is 0 Å². The van der Waals surface area contributed by atoms with E-state index in [0.717, 1.165) is 18.9 Å². The van der Waals surface area contributed by atoms with Crippen molar-refractivity contribution in [3.05, 3.63) is 12.7 Å². The molecule has 1 fully saturated rings. The maximum Gasteiger partial charge on any atom is 0.365 e. The van der Waals surface area contributed by atoms with Gasteiger partial charge in [0.2, 0.25) is 0 Å². The molecule has 0 aromatic carbocycles. The quantitative estimate of drug-likeness (QED) is 0.324. The lowest BCUT2D eigenvalue weighted by atomic mass is 9.72. The third-order valence-electron chi connectivity index (χ3n) is 4.54. The van der Waals surface area contributed by atoms with E-state index in [9.17, 15) is 4.79 Å². The standard InChI is InChI=1S/C16H29NO3/c1-7-14(18)20-19-10-8-9-13-11-15(2,3)17(6)16(4,5)12-13/h7,13H,1,8-12H2,2-6H3. The summed E-state index contributed by atoms with van der Waals surface area (Å²) in [6, 6.07) is 0. The van der Waals surface area contributed by atoms with Crippen LogP contribution >= 0.6 is 0 Å². The lowest BCUT2D eigenvalue weighted by molar-refractivity contribution is -0.268. The van der Waals surface area contributed by atoms with Crippen LogP contribution in [0.5, 0.6) is 0 Å². The second-order valence-corrected chi connectivity index (χ2v) is 7.03. The van der Waals surface area contributed by atoms with Crippen molar-refractivity contribution >= 4 is 5.97 Å². The van der Waals surface area contributed by atoms with Crippen LogP contribution in [-0.2, 0) is 14.6 Å². The third-order valence-corrected chi connectivity index (χ3v) is 4.54. The number of carbonyl (C=O) groups excluding carboxylic acids is 1. The molecule has 1 aliphatic rings. The Morgan fingerprint density at radius 1 is 1.30 bits per heavy atom. The van der Waals surface area contributed by atoms with Gasteiger partial charge in [0.15, 0.2) is 0 Å². The maximum absolute atomic E-state index is 10.8. The largest absolute Gasteiger partial charge is 0.365 e. The summed E-state index contributed by atoms with van der Waals surface area (Å²) in [4.78, 5) is 22.7. The Morgan fingerprint density at radius 3 is 2.35 bits per heavy atom. The average molecular weight is 283 g/mol. The van der Waals surface area contributed by atoms with E-state index in [2.05, 4.69) is 51.1 Å². The first-order valence-electron chi connectivity index (χ1n) is 7.39. The van der Waals surface area contributed by atoms with Gasteiger partial charge in [-0.1, -0.05) is 6.58 Å². The van der Waals surface area contributed by atoms with Crippen LogP contribution in [0.2, 0.25) is 0 Å². The summed E-state index contributed by atoms with van der Waals surface area (Å²) in [5.74, 6) is 0.154. The van der Waals surface area contributed by atoms with Crippen LogP contribution in [-0.4, -0.2) is 35.6 Å². The van der Waals surface area contributed by atoms with E-state index >= 15 is 0 Å². The van der Waals surface area contributed by atoms with Gasteiger partial charge in [-0.3, -0.25) is 9.79 Å². The van der Waals surface area contributed by atoms with E-state index in [1.807, 2.05) is 0 Å². The molecule has 0 N–H and O–H groups in total. The Hall–Kier alpha value is -0.870. The molecule has 1 aliphatic heterocycles. The number of hydrogen-bond donors (Lipinski definition) is 0. The zero-order valence-electron chi connectivity index (χ0n) is 13.6. The first-order chi connectivity index (χ1) is 9.19. The van der Waals surface area contributed by atoms with Gasteiger partial charge in [-0.15, -0.1) is 0 Å². The van der Waals surface area contributed by atoms with Crippen LogP contribution < -0.4 is 0 Å². The number of nitrogens with zero attached hydrogens (tertiary/aromatic N) is 1. The van der Waals surface area contributed by atoms with E-state index in [1.54, 1.807) is 0 Å². The van der Waals surface area contributed by atoms with Gasteiger partial charge in [0.05, 0.1) is 6.61 Å². The van der Waals surface area contributed by atoms with E-state index in [0.29, 0.717) is 12.5 Å². The van der Waals surface area contributed by atoms with Gasteiger partial charge in [-0.05, 0) is 66.3 Å². The van der Waals surface area contributed by atoms with Crippen LogP contribution in [0, 0.1) is 5.92 Å². The Morgan fingerprint density at radius 2 is 1.85 bits per heavy atom. The van der Waals surface area contributed by atoms with Crippen LogP contribution in [0.1, 0.15) is 53.4 Å². The highest BCUT2D eigenvalue weighted by atomic mass is 17.2. The predicted molar refractivity (Wildman–Crippen MR) is 80.1 cm³/mol. The lowest BCUT2D eigenvalue weighted by Gasteiger charge is -2.54. The molecule has 0 aromatic rings. The molecule has 0 radical (unpaired) electrons. The minimum Gasteiger partial charge on any atom is -0.296 e. The van der Waals surface area contributed by atoms with Gasteiger partial charge in [0.1, 0.15) is 0 Å². The molecule has 0 amide bonds. The lowest BCUT2D eigenvalue weighted by Crippen LogP contribution is -2.58. The molecule has 0 aliphatic carbocycles. The second kappa shape index (κ2) is 6.72. The van der Waals surface area contributed by atoms with E-state index in [1.165, 1.54) is 12.8 Å². The first kappa shape index (κ1) is 17.2. The monoisotopic (exact) mass is 283 g/mol. The molecular weight excluding hydrogens is 254 g/mol. The molecule has 20 heavy (non-hydrogen) atoms. The van der Waals surface area contributed by atoms with E-state index < -0.39 is 5.97 Å². The molecule has 4 heteroatoms. The highest BCUT2D eigenvalue weighted by Gasteiger charge is 2.42. The SMILES string of the molecule is C=CC(=O)OOCCCC1CC(C)(C)N(C)C(C)(C)C1. The van der Waals surface area contributed by atoms with Crippen molar-refractivity contribution in [1.82, 2.24) is 4.90 Å². The highest BCUT2D eigenvalue weighted by Crippen LogP contribution is 2.41. The molecule has 4 nitrogen and oxygen atoms in total. The summed E-state index contributed by atoms with van der Waals surface area (Å²) in [6.07, 6.45) is 5.50. The molecule has 1 saturated heterocycles. The Labute approximate surface area is 123 Å². The minimum absolute atomic E-state index is 0.225. The summed E-state index contributed by atoms with van der Waals surface area (Å²) >= 11 is 0. The van der Waals surface area contributed by atoms with Crippen molar-refractivity contribution < 1.29 is 14.6 Å². The summed E-state index contributed by atoms with van der Waals surface area (Å²) in [5.41, 5.74) is 0.450. The number of piperidine rings is 1. The highest BCUT2D eigenvalue weighted by molar-refractivity contribution is 5.80. The van der Waals surface area contributed by atoms with Crippen molar-refractivity contribution in [2.24, 2.45) is 5.92 Å². The maximum atomic E-state index is 10.8. The molecule has 0 spiro atoms. The van der Waals surface area contributed by atoms with Gasteiger partial charge < -0.3 is 0 Å². The summed E-state index contributed by atoms with van der Waals surface area (Å²) in [5, 5.41) is 0. The van der Waals surface area contributed by atoms with Crippen LogP contribution in [0.25, 0.3) is 0 Å². The van der Waals surface area contributed by atoms with Crippen molar-refractivity contribution in [3.8, 4) is 0 Å². The molecular formula is C16H29NO3. The van der Waals surface area contributed by atoms with Crippen LogP contribution in [0.15, 0.2) is 12.7 Å². The Bertz CT molecular complexity index is 332. The zero-order chi connectivity index (χ0) is 15.4. The predicted octanol–water partition coefficient (Wildman–Crippen LogP) is 3.33. The van der Waals surface area contributed by atoms with Gasteiger partial charge >= 0.3 is 5.97 Å². The summed E-state index contributed by atoms with van der Waals surface area (Å²) in [6.45, 7) is 13.0. The van der Waals surface area contributed by atoms with Gasteiger partial charge in [0, 0.05) is 17.2 Å². The zero-order valence-corrected chi connectivity index (χ0v) is 13.6. The van der Waals surface area contributed by atoms with Gasteiger partial charge in [-0.2, -0.15) is 4.89 Å². The van der Waals surface area contributed by atoms with Crippen molar-refractivity contribution in [2.45, 2.75) is 64.5 Å². The van der Waals surface area contributed by atoms with Crippen LogP contribution in [0.4, 0.5) is 0 Å². The van der Waals surface area contributed by atoms with E-state index in [4.69, 9.17) is 4.89 Å². The van der Waals surface area contributed by atoms with Crippen molar-refractivity contribution in [3.63, 3.8) is 0 Å². The molecule has 116 valence electrons. The third kappa shape index (κ3) is 4.60. The topological polar surface area (TPSA) is 38.8 Å². The number of carbonyl (C=O) groups is 1. The normalized spacial score (nSPS) is 22.4. The summed E-state index contributed by atoms with van der Waals surface area (Å²) < 4.78 is 0. The minimum atomic E-state index is -0.536. The van der Waals surface area contributed by atoms with Crippen molar-refractivity contribution in [1.29, 1.82) is 0 Å². The first-order valence-corrected chi connectivity index (χ1v) is 7.39. The fraction of sp³-hybridized carbons (Fsp3) is 0.812. The molecule has 0 atom stereocenters. The van der Waals surface area contributed by atoms with E-state index in [-0.39, 0.29) is 11.1 Å². The molecule has 0 saturated carbocycles. The average Bonchev–Trinajstić information content (AvgIpc) is 2.34. The molecule has 0 unspecified atom stereocenters. The van der Waals surface area contributed by atoms with Gasteiger partial charge in [-0.25, -0.2) is 4.79 Å². The molecule has 0 bridgehead atoms. The molecule has 1 rings (SSSR count). The number of hydrogen-bond acceptors (Lipinski definition) is 4. The van der Waals surface area contributed by atoms with Crippen molar-refractivity contribution in [2.75, 3.05) is 13.7 Å². The number of rotatable bonds is 6. The Kier molecular flexibility index (Phi) is 5.78. The number of likely N-dealkylation sites (tertiary alicyclic amines) is 1. The molecule has 0 aromatic heterocycles. The summed E-state index contributed by atoms with van der Waals surface area (Å²) in [7, 11) is 2.22. The molecule has 1 heterocycles. The smallest absolute Gasteiger partial charge is 0.296 e. The Balaban J connectivity index is 2.34. The van der Waals surface area contributed by atoms with Crippen LogP contribution in [0.3, 0.4) is 0 Å². The second-order valence-electron chi connectivity index (χ2n) is 7.03. The fourth-order valence-corrected chi connectivity index (χ4v) is 3.35.